The van der Waals surface area contributed by atoms with Gasteiger partial charge in [0.25, 0.3) is 0 Å². The van der Waals surface area contributed by atoms with E-state index >= 15 is 0 Å². The van der Waals surface area contributed by atoms with Gasteiger partial charge in [0.15, 0.2) is 11.5 Å². The minimum absolute atomic E-state index is 0.487. The highest BCUT2D eigenvalue weighted by Gasteiger charge is 2.06. The van der Waals surface area contributed by atoms with Crippen LogP contribution >= 0.6 is 11.6 Å². The summed E-state index contributed by atoms with van der Waals surface area (Å²) in [6.07, 6.45) is 0. The van der Waals surface area contributed by atoms with Crippen molar-refractivity contribution in [2.45, 2.75) is 20.0 Å². The van der Waals surface area contributed by atoms with Gasteiger partial charge in [0.05, 0.1) is 7.11 Å². The molecule has 2 aromatic rings. The average Bonchev–Trinajstić information content (AvgIpc) is 2.55. The van der Waals surface area contributed by atoms with Gasteiger partial charge in [-0.3, -0.25) is 0 Å². The molecule has 23 heavy (non-hydrogen) atoms. The number of benzene rings is 2. The van der Waals surface area contributed by atoms with E-state index < -0.39 is 0 Å². The second kappa shape index (κ2) is 8.61. The fourth-order valence-corrected chi connectivity index (χ4v) is 2.33. The van der Waals surface area contributed by atoms with Crippen molar-refractivity contribution >= 4 is 11.6 Å². The average molecular weight is 332 g/mol. The van der Waals surface area contributed by atoms with Crippen LogP contribution in [0.2, 0.25) is 5.02 Å². The number of methoxy groups -OCH3 is 1. The van der Waals surface area contributed by atoms with E-state index in [-0.39, 0.29) is 0 Å². The summed E-state index contributed by atoms with van der Waals surface area (Å²) in [4.78, 5) is 0. The summed E-state index contributed by atoms with van der Waals surface area (Å²) < 4.78 is 11.1. The van der Waals surface area contributed by atoms with Crippen LogP contribution in [0, 0.1) is 0 Å². The number of hydrogen-bond acceptors (Lipinski definition) is 3. The lowest BCUT2D eigenvalue weighted by Gasteiger charge is -2.13. The molecule has 0 radical (unpaired) electrons. The van der Waals surface area contributed by atoms with Gasteiger partial charge in [-0.05, 0) is 41.8 Å². The fraction of sp³-hybridized carbons (Fsp3) is 0.263. The van der Waals surface area contributed by atoms with E-state index in [1.54, 1.807) is 7.11 Å². The van der Waals surface area contributed by atoms with E-state index in [0.717, 1.165) is 46.3 Å². The van der Waals surface area contributed by atoms with Gasteiger partial charge in [-0.15, -0.1) is 0 Å². The summed E-state index contributed by atoms with van der Waals surface area (Å²) in [6, 6.07) is 13.8. The first-order valence-corrected chi connectivity index (χ1v) is 7.86. The highest BCUT2D eigenvalue weighted by atomic mass is 35.5. The van der Waals surface area contributed by atoms with Crippen LogP contribution in [0.5, 0.6) is 11.5 Å². The molecule has 0 aliphatic heterocycles. The molecule has 0 saturated carbocycles. The molecule has 0 unspecified atom stereocenters. The van der Waals surface area contributed by atoms with Crippen molar-refractivity contribution in [1.29, 1.82) is 0 Å². The topological polar surface area (TPSA) is 30.5 Å². The van der Waals surface area contributed by atoms with Gasteiger partial charge in [0.1, 0.15) is 6.61 Å². The van der Waals surface area contributed by atoms with Crippen LogP contribution in [0.3, 0.4) is 0 Å². The lowest BCUT2D eigenvalue weighted by Crippen LogP contribution is -2.13. The number of rotatable bonds is 8. The van der Waals surface area contributed by atoms with E-state index in [0.29, 0.717) is 6.61 Å². The molecule has 2 aromatic carbocycles. The van der Waals surface area contributed by atoms with Crippen molar-refractivity contribution in [3.63, 3.8) is 0 Å². The lowest BCUT2D eigenvalue weighted by molar-refractivity contribution is 0.319. The predicted octanol–water partition coefficient (Wildman–Crippen LogP) is 4.59. The first-order valence-electron chi connectivity index (χ1n) is 7.48. The number of hydrogen-bond donors (Lipinski definition) is 1. The third-order valence-electron chi connectivity index (χ3n) is 3.30. The molecule has 2 rings (SSSR count). The number of nitrogens with one attached hydrogen (secondary N) is 1. The Morgan fingerprint density at radius 3 is 2.61 bits per heavy atom. The maximum absolute atomic E-state index is 6.15. The normalized spacial score (nSPS) is 10.4. The standard InChI is InChI=1S/C19H22ClNO2/c1-14(2)13-23-18-9-8-15(10-19(18)22-3)11-21-12-16-6-4-5-7-17(16)20/h4-10,21H,1,11-13H2,2-3H3. The minimum Gasteiger partial charge on any atom is -0.493 e. The number of ether oxygens (including phenoxy) is 2. The molecule has 0 bridgehead atoms. The van der Waals surface area contributed by atoms with E-state index in [1.807, 2.05) is 49.4 Å². The van der Waals surface area contributed by atoms with Gasteiger partial charge >= 0.3 is 0 Å². The van der Waals surface area contributed by atoms with Gasteiger partial charge in [0, 0.05) is 18.1 Å². The maximum atomic E-state index is 6.15. The van der Waals surface area contributed by atoms with Gasteiger partial charge in [-0.1, -0.05) is 42.4 Å². The zero-order valence-corrected chi connectivity index (χ0v) is 14.3. The minimum atomic E-state index is 0.487. The van der Waals surface area contributed by atoms with Crippen LogP contribution in [-0.2, 0) is 13.1 Å². The zero-order valence-electron chi connectivity index (χ0n) is 13.6. The van der Waals surface area contributed by atoms with E-state index in [2.05, 4.69) is 11.9 Å². The second-order valence-electron chi connectivity index (χ2n) is 5.43. The fourth-order valence-electron chi connectivity index (χ4n) is 2.13. The Balaban J connectivity index is 1.95. The molecule has 0 heterocycles. The van der Waals surface area contributed by atoms with Crippen LogP contribution < -0.4 is 14.8 Å². The molecule has 3 nitrogen and oxygen atoms in total. The van der Waals surface area contributed by atoms with E-state index in [1.165, 1.54) is 0 Å². The molecule has 0 spiro atoms. The molecule has 0 amide bonds. The Hall–Kier alpha value is -1.97. The highest BCUT2D eigenvalue weighted by Crippen LogP contribution is 2.28. The van der Waals surface area contributed by atoms with Crippen LogP contribution in [0.15, 0.2) is 54.6 Å². The van der Waals surface area contributed by atoms with Crippen LogP contribution in [-0.4, -0.2) is 13.7 Å². The molecule has 0 fully saturated rings. The summed E-state index contributed by atoms with van der Waals surface area (Å²) in [5.74, 6) is 1.45. The Morgan fingerprint density at radius 1 is 1.13 bits per heavy atom. The monoisotopic (exact) mass is 331 g/mol. The first-order chi connectivity index (χ1) is 11.1. The summed E-state index contributed by atoms with van der Waals surface area (Å²) in [5, 5.41) is 4.16. The smallest absolute Gasteiger partial charge is 0.161 e. The van der Waals surface area contributed by atoms with Crippen LogP contribution in [0.4, 0.5) is 0 Å². The molecule has 0 atom stereocenters. The predicted molar refractivity (Wildman–Crippen MR) is 95.3 cm³/mol. The van der Waals surface area contributed by atoms with E-state index in [4.69, 9.17) is 21.1 Å². The SMILES string of the molecule is C=C(C)COc1ccc(CNCc2ccccc2Cl)cc1OC. The quantitative estimate of drug-likeness (QED) is 0.717. The lowest BCUT2D eigenvalue weighted by atomic mass is 10.2. The van der Waals surface area contributed by atoms with Crippen LogP contribution in [0.25, 0.3) is 0 Å². The Morgan fingerprint density at radius 2 is 1.91 bits per heavy atom. The van der Waals surface area contributed by atoms with Crippen LogP contribution in [0.1, 0.15) is 18.1 Å². The van der Waals surface area contributed by atoms with Crippen molar-refractivity contribution in [3.05, 3.63) is 70.8 Å². The molecule has 4 heteroatoms. The largest absolute Gasteiger partial charge is 0.493 e. The molecule has 0 aliphatic carbocycles. The molecular formula is C19H22ClNO2. The number of halogens is 1. The highest BCUT2D eigenvalue weighted by molar-refractivity contribution is 6.31. The van der Waals surface area contributed by atoms with E-state index in [9.17, 15) is 0 Å². The van der Waals surface area contributed by atoms with Crippen molar-refractivity contribution < 1.29 is 9.47 Å². The van der Waals surface area contributed by atoms with Gasteiger partial charge in [-0.2, -0.15) is 0 Å². The van der Waals surface area contributed by atoms with Gasteiger partial charge in [0.2, 0.25) is 0 Å². The summed E-state index contributed by atoms with van der Waals surface area (Å²) in [5.41, 5.74) is 3.18. The Bertz CT molecular complexity index is 670. The van der Waals surface area contributed by atoms with Crippen molar-refractivity contribution in [2.24, 2.45) is 0 Å². The van der Waals surface area contributed by atoms with Crippen molar-refractivity contribution in [2.75, 3.05) is 13.7 Å². The molecule has 0 saturated heterocycles. The molecule has 0 aliphatic rings. The molecule has 122 valence electrons. The Kier molecular flexibility index (Phi) is 6.51. The Labute approximate surface area is 142 Å². The summed E-state index contributed by atoms with van der Waals surface area (Å²) in [7, 11) is 1.64. The van der Waals surface area contributed by atoms with Crippen molar-refractivity contribution in [3.8, 4) is 11.5 Å². The zero-order chi connectivity index (χ0) is 16.7. The van der Waals surface area contributed by atoms with Crippen molar-refractivity contribution in [1.82, 2.24) is 5.32 Å². The molecule has 0 aromatic heterocycles. The summed E-state index contributed by atoms with van der Waals surface area (Å²) in [6.45, 7) is 7.69. The third-order valence-corrected chi connectivity index (χ3v) is 3.67. The summed E-state index contributed by atoms with van der Waals surface area (Å²) >= 11 is 6.15. The molecule has 1 N–H and O–H groups in total. The third kappa shape index (κ3) is 5.31. The maximum Gasteiger partial charge on any atom is 0.161 e. The second-order valence-corrected chi connectivity index (χ2v) is 5.83. The van der Waals surface area contributed by atoms with Gasteiger partial charge in [-0.25, -0.2) is 0 Å². The first kappa shape index (κ1) is 17.4. The molecular weight excluding hydrogens is 310 g/mol. The van der Waals surface area contributed by atoms with Gasteiger partial charge < -0.3 is 14.8 Å².